The molecule has 0 saturated heterocycles. The number of rotatable bonds is 3. The fourth-order valence-electron chi connectivity index (χ4n) is 1.80. The van der Waals surface area contributed by atoms with Gasteiger partial charge < -0.3 is 4.90 Å². The second kappa shape index (κ2) is 5.53. The van der Waals surface area contributed by atoms with Crippen LogP contribution in [0.4, 0.5) is 26.0 Å². The van der Waals surface area contributed by atoms with E-state index in [4.69, 9.17) is 0 Å². The Kier molecular flexibility index (Phi) is 3.80. The minimum atomic E-state index is -0.724. The Morgan fingerprint density at radius 3 is 2.60 bits per heavy atom. The smallest absolute Gasteiger partial charge is 0.297 e. The fraction of sp³-hybridized carbons (Fsp3) is 0.143. The van der Waals surface area contributed by atoms with Gasteiger partial charge in [-0.25, -0.2) is 19.1 Å². The molecule has 0 atom stereocenters. The molecule has 1 aromatic carbocycles. The molecule has 6 heteroatoms. The summed E-state index contributed by atoms with van der Waals surface area (Å²) in [6.07, 6.45) is 1.64. The van der Waals surface area contributed by atoms with Crippen molar-refractivity contribution in [1.82, 2.24) is 0 Å². The molecule has 0 radical (unpaired) electrons. The van der Waals surface area contributed by atoms with Gasteiger partial charge in [0.05, 0.1) is 11.9 Å². The van der Waals surface area contributed by atoms with Crippen molar-refractivity contribution in [3.05, 3.63) is 47.7 Å². The van der Waals surface area contributed by atoms with Gasteiger partial charge in [-0.15, -0.1) is 0 Å². The molecule has 20 heavy (non-hydrogen) atoms. The van der Waals surface area contributed by atoms with E-state index in [9.17, 15) is 14.0 Å². The Hall–Kier alpha value is -2.68. The highest BCUT2D eigenvalue weighted by molar-refractivity contribution is 5.70. The normalized spacial score (nSPS) is 9.95. The van der Waals surface area contributed by atoms with Gasteiger partial charge in [-0.1, -0.05) is 0 Å². The molecule has 0 fully saturated rings. The van der Waals surface area contributed by atoms with Crippen molar-refractivity contribution in [1.29, 1.82) is 5.26 Å². The summed E-state index contributed by atoms with van der Waals surface area (Å²) in [6, 6.07) is 7.01. The van der Waals surface area contributed by atoms with Crippen LogP contribution in [0.2, 0.25) is 0 Å². The predicted molar refractivity (Wildman–Crippen MR) is 71.7 cm³/mol. The molecule has 1 heterocycles. The van der Waals surface area contributed by atoms with Crippen LogP contribution in [0.1, 0.15) is 5.56 Å². The number of halogens is 2. The molecule has 4 nitrogen and oxygen atoms in total. The Morgan fingerprint density at radius 2 is 2.00 bits per heavy atom. The fourth-order valence-corrected chi connectivity index (χ4v) is 1.80. The predicted octanol–water partition coefficient (Wildman–Crippen LogP) is 2.46. The second-order valence-electron chi connectivity index (χ2n) is 4.37. The Labute approximate surface area is 115 Å². The number of pyridine rings is 1. The van der Waals surface area contributed by atoms with Crippen LogP contribution in [0.25, 0.3) is 0 Å². The zero-order valence-electron chi connectivity index (χ0n) is 11.0. The third kappa shape index (κ3) is 2.67. The molecule has 0 aliphatic heterocycles. The van der Waals surface area contributed by atoms with Gasteiger partial charge in [0, 0.05) is 26.2 Å². The van der Waals surface area contributed by atoms with Gasteiger partial charge in [0.1, 0.15) is 11.9 Å². The van der Waals surface area contributed by atoms with Crippen LogP contribution in [0.3, 0.4) is 0 Å². The zero-order chi connectivity index (χ0) is 14.7. The van der Waals surface area contributed by atoms with Crippen molar-refractivity contribution < 1.29 is 13.8 Å². The maximum atomic E-state index is 13.6. The number of nitrogens with zero attached hydrogens (tertiary/aromatic N) is 2. The van der Waals surface area contributed by atoms with Gasteiger partial charge in [-0.2, -0.15) is 5.26 Å². The van der Waals surface area contributed by atoms with E-state index < -0.39 is 11.6 Å². The maximum Gasteiger partial charge on any atom is 0.297 e. The SMILES string of the molecule is CN(C)c1cc[nH+]c(Nc2ccc(F)cc2F)c1C#N. The highest BCUT2D eigenvalue weighted by Gasteiger charge is 2.18. The van der Waals surface area contributed by atoms with Crippen molar-refractivity contribution in [2.75, 3.05) is 24.3 Å². The topological polar surface area (TPSA) is 53.2 Å². The summed E-state index contributed by atoms with van der Waals surface area (Å²) in [5.74, 6) is -1.03. The van der Waals surface area contributed by atoms with Gasteiger partial charge in [0.25, 0.3) is 5.82 Å². The number of aromatic nitrogens is 1. The van der Waals surface area contributed by atoms with Crippen LogP contribution >= 0.6 is 0 Å². The van der Waals surface area contributed by atoms with Crippen LogP contribution in [-0.4, -0.2) is 14.1 Å². The maximum absolute atomic E-state index is 13.6. The zero-order valence-corrected chi connectivity index (χ0v) is 11.0. The summed E-state index contributed by atoms with van der Waals surface area (Å²) in [7, 11) is 3.61. The summed E-state index contributed by atoms with van der Waals surface area (Å²) in [4.78, 5) is 4.63. The number of nitriles is 1. The summed E-state index contributed by atoms with van der Waals surface area (Å²) in [5, 5.41) is 12.0. The van der Waals surface area contributed by atoms with E-state index in [1.54, 1.807) is 31.3 Å². The molecular formula is C14H13F2N4+. The number of hydrogen-bond acceptors (Lipinski definition) is 3. The number of nitrogens with one attached hydrogen (secondary N) is 2. The molecule has 0 saturated carbocycles. The largest absolute Gasteiger partial charge is 0.376 e. The first kappa shape index (κ1) is 13.7. The standard InChI is InChI=1S/C14H12F2N4/c1-20(2)13-5-6-18-14(10(13)8-17)19-12-4-3-9(15)7-11(12)16/h3-7H,1-2H3,(H,18,19)/p+1. The Bertz CT molecular complexity index is 677. The van der Waals surface area contributed by atoms with E-state index in [0.717, 1.165) is 12.1 Å². The Balaban J connectivity index is 2.44. The van der Waals surface area contributed by atoms with Gasteiger partial charge in [-0.05, 0) is 12.1 Å². The molecule has 1 aromatic heterocycles. The lowest BCUT2D eigenvalue weighted by molar-refractivity contribution is -0.360. The monoisotopic (exact) mass is 275 g/mol. The van der Waals surface area contributed by atoms with Gasteiger partial charge in [0.15, 0.2) is 17.1 Å². The lowest BCUT2D eigenvalue weighted by atomic mass is 10.2. The Morgan fingerprint density at radius 1 is 1.25 bits per heavy atom. The van der Waals surface area contributed by atoms with E-state index >= 15 is 0 Å². The molecular weight excluding hydrogens is 262 g/mol. The number of anilines is 3. The molecule has 2 rings (SSSR count). The molecule has 0 unspecified atom stereocenters. The first-order chi connectivity index (χ1) is 9.52. The lowest BCUT2D eigenvalue weighted by Crippen LogP contribution is -2.18. The van der Waals surface area contributed by atoms with Crippen molar-refractivity contribution in [3.8, 4) is 6.07 Å². The highest BCUT2D eigenvalue weighted by Crippen LogP contribution is 2.25. The third-order valence-electron chi connectivity index (χ3n) is 2.76. The van der Waals surface area contributed by atoms with E-state index in [1.165, 1.54) is 6.07 Å². The second-order valence-corrected chi connectivity index (χ2v) is 4.37. The van der Waals surface area contributed by atoms with Crippen LogP contribution < -0.4 is 15.2 Å². The van der Waals surface area contributed by atoms with Crippen molar-refractivity contribution in [2.24, 2.45) is 0 Å². The molecule has 0 amide bonds. The summed E-state index contributed by atoms with van der Waals surface area (Å²) in [5.41, 5.74) is 1.13. The molecule has 0 aliphatic carbocycles. The molecule has 2 N–H and O–H groups in total. The van der Waals surface area contributed by atoms with E-state index in [1.807, 2.05) is 0 Å². The first-order valence-corrected chi connectivity index (χ1v) is 5.87. The minimum Gasteiger partial charge on any atom is -0.376 e. The number of aromatic amines is 1. The summed E-state index contributed by atoms with van der Waals surface area (Å²) < 4.78 is 26.5. The summed E-state index contributed by atoms with van der Waals surface area (Å²) >= 11 is 0. The van der Waals surface area contributed by atoms with Crippen LogP contribution in [0, 0.1) is 23.0 Å². The van der Waals surface area contributed by atoms with E-state index in [0.29, 0.717) is 17.1 Å². The first-order valence-electron chi connectivity index (χ1n) is 5.87. The average molecular weight is 275 g/mol. The number of hydrogen-bond donors (Lipinski definition) is 1. The molecule has 0 aliphatic rings. The van der Waals surface area contributed by atoms with Crippen LogP contribution in [0.15, 0.2) is 30.5 Å². The number of benzene rings is 1. The van der Waals surface area contributed by atoms with Crippen molar-refractivity contribution in [3.63, 3.8) is 0 Å². The number of H-pyrrole nitrogens is 1. The van der Waals surface area contributed by atoms with E-state index in [2.05, 4.69) is 16.4 Å². The van der Waals surface area contributed by atoms with Gasteiger partial charge in [-0.3, -0.25) is 0 Å². The van der Waals surface area contributed by atoms with Crippen molar-refractivity contribution >= 4 is 17.2 Å². The minimum absolute atomic E-state index is 0.0926. The third-order valence-corrected chi connectivity index (χ3v) is 2.76. The van der Waals surface area contributed by atoms with E-state index in [-0.39, 0.29) is 5.69 Å². The van der Waals surface area contributed by atoms with Crippen LogP contribution in [-0.2, 0) is 0 Å². The van der Waals surface area contributed by atoms with Gasteiger partial charge >= 0.3 is 0 Å². The molecule has 0 spiro atoms. The molecule has 102 valence electrons. The van der Waals surface area contributed by atoms with Crippen LogP contribution in [0.5, 0.6) is 0 Å². The van der Waals surface area contributed by atoms with Crippen molar-refractivity contribution in [2.45, 2.75) is 0 Å². The highest BCUT2D eigenvalue weighted by atomic mass is 19.1. The van der Waals surface area contributed by atoms with Gasteiger partial charge in [0.2, 0.25) is 0 Å². The quantitative estimate of drug-likeness (QED) is 0.936. The lowest BCUT2D eigenvalue weighted by Gasteiger charge is -2.13. The molecule has 0 bridgehead atoms. The average Bonchev–Trinajstić information content (AvgIpc) is 2.41. The molecule has 2 aromatic rings. The summed E-state index contributed by atoms with van der Waals surface area (Å²) in [6.45, 7) is 0.